The predicted octanol–water partition coefficient (Wildman–Crippen LogP) is 7.26. The van der Waals surface area contributed by atoms with E-state index in [0.29, 0.717) is 18.4 Å². The zero-order valence-electron chi connectivity index (χ0n) is 21.6. The van der Waals surface area contributed by atoms with Gasteiger partial charge in [-0.15, -0.1) is 11.3 Å². The monoisotopic (exact) mass is 527 g/mol. The fraction of sp³-hybridized carbons (Fsp3) is 0.483. The lowest BCUT2D eigenvalue weighted by Gasteiger charge is -2.21. The molecule has 3 rings (SSSR count). The van der Waals surface area contributed by atoms with Gasteiger partial charge >= 0.3 is 11.7 Å². The molecule has 8 heteroatoms. The summed E-state index contributed by atoms with van der Waals surface area (Å²) >= 11 is 1.65. The molecule has 2 aromatic rings. The number of thiophene rings is 1. The standard InChI is InChI=1S/C29H37NO6S/c1-19(9-6-7-16-30-29(34)35)25-18-24(31)26(28(33)36-25)27(32)20(2)17-23-15-14-22(37-23)13-8-12-21-10-4-3-5-11-21/h7,14-19,21,30-31H,3-6,8-13H2,1-2H3,(H,34,35)/b16-7?,20-17+. The van der Waals surface area contributed by atoms with Crippen LogP contribution in [0.3, 0.4) is 0 Å². The van der Waals surface area contributed by atoms with Crippen LogP contribution < -0.4 is 10.9 Å². The maximum Gasteiger partial charge on any atom is 0.408 e. The number of carbonyl (C=O) groups is 2. The molecule has 200 valence electrons. The van der Waals surface area contributed by atoms with E-state index in [1.807, 2.05) is 13.0 Å². The molecule has 7 nitrogen and oxygen atoms in total. The number of ketones is 1. The zero-order valence-corrected chi connectivity index (χ0v) is 22.4. The minimum atomic E-state index is -1.14. The van der Waals surface area contributed by atoms with Gasteiger partial charge in [-0.2, -0.15) is 0 Å². The summed E-state index contributed by atoms with van der Waals surface area (Å²) < 4.78 is 5.37. The number of hydrogen-bond donors (Lipinski definition) is 3. The fourth-order valence-electron chi connectivity index (χ4n) is 4.78. The van der Waals surface area contributed by atoms with Gasteiger partial charge in [-0.25, -0.2) is 9.59 Å². The Morgan fingerprint density at radius 3 is 2.70 bits per heavy atom. The first-order valence-electron chi connectivity index (χ1n) is 13.1. The summed E-state index contributed by atoms with van der Waals surface area (Å²) in [4.78, 5) is 38.3. The molecule has 0 radical (unpaired) electrons. The average Bonchev–Trinajstić information content (AvgIpc) is 3.30. The third kappa shape index (κ3) is 8.74. The second-order valence-corrected chi connectivity index (χ2v) is 11.1. The SMILES string of the molecule is C/C(=C\c1ccc(CCCC2CCCCC2)s1)C(=O)c1c(O)cc(C(C)CCC=CNC(=O)O)oc1=O. The predicted molar refractivity (Wildman–Crippen MR) is 146 cm³/mol. The van der Waals surface area contributed by atoms with Crippen LogP contribution in [0.25, 0.3) is 6.08 Å². The van der Waals surface area contributed by atoms with Crippen LogP contribution in [0.5, 0.6) is 5.75 Å². The first-order valence-corrected chi connectivity index (χ1v) is 13.9. The van der Waals surface area contributed by atoms with Gasteiger partial charge in [-0.05, 0) is 62.3 Å². The van der Waals surface area contributed by atoms with Gasteiger partial charge in [0.15, 0.2) is 5.78 Å². The van der Waals surface area contributed by atoms with Crippen LogP contribution >= 0.6 is 11.3 Å². The molecular weight excluding hydrogens is 490 g/mol. The molecule has 1 aliphatic rings. The third-order valence-corrected chi connectivity index (χ3v) is 8.01. The van der Waals surface area contributed by atoms with Gasteiger partial charge < -0.3 is 14.6 Å². The lowest BCUT2D eigenvalue weighted by molar-refractivity contribution is 0.102. The molecule has 37 heavy (non-hydrogen) atoms. The number of nitrogens with one attached hydrogen (secondary N) is 1. The first kappa shape index (κ1) is 28.4. The molecular formula is C29H37NO6S. The molecule has 1 aliphatic carbocycles. The Morgan fingerprint density at radius 2 is 2.00 bits per heavy atom. The van der Waals surface area contributed by atoms with Crippen molar-refractivity contribution in [2.45, 2.75) is 84.0 Å². The van der Waals surface area contributed by atoms with E-state index in [4.69, 9.17) is 9.52 Å². The second-order valence-electron chi connectivity index (χ2n) is 9.88. The van der Waals surface area contributed by atoms with Crippen LogP contribution in [0.15, 0.2) is 45.3 Å². The van der Waals surface area contributed by atoms with Crippen LogP contribution in [0.2, 0.25) is 0 Å². The summed E-state index contributed by atoms with van der Waals surface area (Å²) in [5.41, 5.74) is -0.869. The van der Waals surface area contributed by atoms with Crippen LogP contribution in [0.4, 0.5) is 4.79 Å². The molecule has 0 saturated heterocycles. The van der Waals surface area contributed by atoms with Crippen molar-refractivity contribution in [2.75, 3.05) is 0 Å². The van der Waals surface area contributed by atoms with Crippen LogP contribution in [0.1, 0.15) is 103 Å². The van der Waals surface area contributed by atoms with Crippen molar-refractivity contribution in [1.82, 2.24) is 5.32 Å². The van der Waals surface area contributed by atoms with Gasteiger partial charge in [0.25, 0.3) is 0 Å². The first-order chi connectivity index (χ1) is 17.7. The Balaban J connectivity index is 1.59. The molecule has 1 unspecified atom stereocenters. The smallest absolute Gasteiger partial charge is 0.408 e. The molecule has 0 bridgehead atoms. The van der Waals surface area contributed by atoms with Gasteiger partial charge in [0.05, 0.1) is 0 Å². The molecule has 1 amide bonds. The number of amides is 1. The summed E-state index contributed by atoms with van der Waals surface area (Å²) in [6, 6.07) is 5.41. The van der Waals surface area contributed by atoms with Crippen molar-refractivity contribution in [2.24, 2.45) is 5.92 Å². The quantitative estimate of drug-likeness (QED) is 0.197. The van der Waals surface area contributed by atoms with Crippen molar-refractivity contribution < 1.29 is 24.2 Å². The average molecular weight is 528 g/mol. The van der Waals surface area contributed by atoms with Crippen molar-refractivity contribution in [1.29, 1.82) is 0 Å². The highest BCUT2D eigenvalue weighted by Gasteiger charge is 2.22. The lowest BCUT2D eigenvalue weighted by Crippen LogP contribution is -2.16. The van der Waals surface area contributed by atoms with Crippen LogP contribution in [0, 0.1) is 5.92 Å². The fourth-order valence-corrected chi connectivity index (χ4v) is 5.83. The molecule has 2 aromatic heterocycles. The Morgan fingerprint density at radius 1 is 1.24 bits per heavy atom. The van der Waals surface area contributed by atoms with Gasteiger partial charge in [-0.3, -0.25) is 10.1 Å². The van der Waals surface area contributed by atoms with E-state index in [-0.39, 0.29) is 17.2 Å². The highest BCUT2D eigenvalue weighted by Crippen LogP contribution is 2.30. The molecule has 1 atom stereocenters. The molecule has 2 heterocycles. The summed E-state index contributed by atoms with van der Waals surface area (Å²) in [6.45, 7) is 3.46. The lowest BCUT2D eigenvalue weighted by atomic mass is 9.86. The highest BCUT2D eigenvalue weighted by atomic mass is 32.1. The van der Waals surface area contributed by atoms with Crippen molar-refractivity contribution in [3.8, 4) is 5.75 Å². The summed E-state index contributed by atoms with van der Waals surface area (Å²) in [7, 11) is 0. The number of hydrogen-bond acceptors (Lipinski definition) is 6. The van der Waals surface area contributed by atoms with E-state index in [1.54, 1.807) is 30.4 Å². The topological polar surface area (TPSA) is 117 Å². The van der Waals surface area contributed by atoms with Crippen LogP contribution in [-0.2, 0) is 6.42 Å². The number of rotatable bonds is 12. The summed E-state index contributed by atoms with van der Waals surface area (Å²) in [5.74, 6) is -0.0125. The van der Waals surface area contributed by atoms with Gasteiger partial charge in [-0.1, -0.05) is 51.5 Å². The number of carboxylic acid groups (broad SMARTS) is 1. The van der Waals surface area contributed by atoms with E-state index in [2.05, 4.69) is 11.4 Å². The zero-order chi connectivity index (χ0) is 26.8. The highest BCUT2D eigenvalue weighted by molar-refractivity contribution is 7.12. The Labute approximate surface area is 221 Å². The van der Waals surface area contributed by atoms with Gasteiger partial charge in [0.1, 0.15) is 17.1 Å². The normalized spacial score (nSPS) is 15.7. The van der Waals surface area contributed by atoms with Gasteiger partial charge in [0.2, 0.25) is 0 Å². The largest absolute Gasteiger partial charge is 0.507 e. The minimum absolute atomic E-state index is 0.212. The number of aryl methyl sites for hydroxylation is 1. The molecule has 1 saturated carbocycles. The molecule has 0 spiro atoms. The van der Waals surface area contributed by atoms with E-state index < -0.39 is 23.3 Å². The minimum Gasteiger partial charge on any atom is -0.507 e. The Bertz CT molecular complexity index is 1190. The van der Waals surface area contributed by atoms with Crippen molar-refractivity contribution >= 4 is 29.3 Å². The molecule has 0 aromatic carbocycles. The van der Waals surface area contributed by atoms with E-state index in [0.717, 1.165) is 17.2 Å². The van der Waals surface area contributed by atoms with Crippen LogP contribution in [-0.4, -0.2) is 22.1 Å². The number of aromatic hydroxyl groups is 1. The van der Waals surface area contributed by atoms with Gasteiger partial charge in [0, 0.05) is 27.9 Å². The van der Waals surface area contributed by atoms with Crippen molar-refractivity contribution in [3.05, 3.63) is 67.5 Å². The maximum absolute atomic E-state index is 13.0. The molecule has 1 fully saturated rings. The van der Waals surface area contributed by atoms with E-state index in [1.165, 1.54) is 62.1 Å². The van der Waals surface area contributed by atoms with E-state index >= 15 is 0 Å². The summed E-state index contributed by atoms with van der Waals surface area (Å²) in [6.07, 6.45) is 15.0. The third-order valence-electron chi connectivity index (χ3n) is 6.91. The number of Topliss-reactive ketones (excluding diaryl/α,β-unsaturated/α-hetero) is 1. The summed E-state index contributed by atoms with van der Waals surface area (Å²) in [5, 5.41) is 21.2. The molecule has 3 N–H and O–H groups in total. The second kappa shape index (κ2) is 14.0. The number of carbonyl (C=O) groups excluding carboxylic acids is 1. The Hall–Kier alpha value is -3.13. The molecule has 0 aliphatic heterocycles. The van der Waals surface area contributed by atoms with E-state index in [9.17, 15) is 19.5 Å². The van der Waals surface area contributed by atoms with Crippen molar-refractivity contribution in [3.63, 3.8) is 0 Å². The Kier molecular flexibility index (Phi) is 10.7. The maximum atomic E-state index is 13.0. The number of allylic oxidation sites excluding steroid dienone is 2.